The maximum absolute atomic E-state index is 13.2. The minimum absolute atomic E-state index is 0.0853. The van der Waals surface area contributed by atoms with E-state index < -0.39 is 0 Å². The fourth-order valence-corrected chi connectivity index (χ4v) is 3.27. The van der Waals surface area contributed by atoms with Crippen LogP contribution >= 0.6 is 0 Å². The van der Waals surface area contributed by atoms with Crippen LogP contribution in [0.3, 0.4) is 0 Å². The fraction of sp³-hybridized carbons (Fsp3) is 0.471. The van der Waals surface area contributed by atoms with Crippen LogP contribution < -0.4 is 9.47 Å². The molecule has 2 aliphatic rings. The van der Waals surface area contributed by atoms with Gasteiger partial charge < -0.3 is 23.6 Å². The normalized spacial score (nSPS) is 22.2. The first-order valence-electron chi connectivity index (χ1n) is 8.20. The van der Waals surface area contributed by atoms with E-state index in [-0.39, 0.29) is 18.1 Å². The second-order valence-corrected chi connectivity index (χ2v) is 6.08. The first-order valence-corrected chi connectivity index (χ1v) is 8.20. The number of amides is 1. The number of carbonyl (C=O) groups excluding carboxylic acids is 1. The predicted molar refractivity (Wildman–Crippen MR) is 85.7 cm³/mol. The molecule has 8 heteroatoms. The third kappa shape index (κ3) is 2.82. The average Bonchev–Trinajstić information content (AvgIpc) is 3.26. The van der Waals surface area contributed by atoms with Gasteiger partial charge >= 0.3 is 0 Å². The van der Waals surface area contributed by atoms with Crippen molar-refractivity contribution in [3.05, 3.63) is 35.5 Å². The largest absolute Gasteiger partial charge is 0.486 e. The van der Waals surface area contributed by atoms with Gasteiger partial charge in [0.1, 0.15) is 19.3 Å². The Morgan fingerprint density at radius 2 is 2.16 bits per heavy atom. The molecule has 0 aliphatic carbocycles. The maximum atomic E-state index is 13.2. The zero-order valence-electron chi connectivity index (χ0n) is 14.1. The minimum Gasteiger partial charge on any atom is -0.486 e. The molecule has 2 aliphatic heterocycles. The molecule has 0 saturated carbocycles. The van der Waals surface area contributed by atoms with Crippen molar-refractivity contribution in [1.29, 1.82) is 0 Å². The van der Waals surface area contributed by atoms with Crippen molar-refractivity contribution >= 4 is 5.91 Å². The number of fused-ring (bicyclic) bond motifs is 1. The summed E-state index contributed by atoms with van der Waals surface area (Å²) in [5.74, 6) is 1.87. The number of aromatic nitrogens is 2. The molecule has 0 N–H and O–H groups in total. The Bertz CT molecular complexity index is 790. The first-order chi connectivity index (χ1) is 12.2. The van der Waals surface area contributed by atoms with Crippen LogP contribution in [0.15, 0.2) is 22.7 Å². The number of benzene rings is 1. The lowest BCUT2D eigenvalue weighted by molar-refractivity contribution is 0.0661. The summed E-state index contributed by atoms with van der Waals surface area (Å²) in [6.45, 7) is 3.10. The number of methoxy groups -OCH3 is 1. The van der Waals surface area contributed by atoms with Crippen LogP contribution in [0.5, 0.6) is 11.5 Å². The van der Waals surface area contributed by atoms with Crippen LogP contribution in [0.4, 0.5) is 0 Å². The molecule has 4 rings (SSSR count). The molecule has 1 saturated heterocycles. The lowest BCUT2D eigenvalue weighted by atomic mass is 10.1. The molecule has 2 aromatic rings. The van der Waals surface area contributed by atoms with Crippen LogP contribution in [-0.4, -0.2) is 53.9 Å². The van der Waals surface area contributed by atoms with E-state index in [0.717, 1.165) is 0 Å². The van der Waals surface area contributed by atoms with E-state index >= 15 is 0 Å². The molecule has 132 valence electrons. The van der Waals surface area contributed by atoms with Crippen LogP contribution in [0, 0.1) is 6.92 Å². The Morgan fingerprint density at radius 3 is 2.92 bits per heavy atom. The fourth-order valence-electron chi connectivity index (χ4n) is 3.27. The van der Waals surface area contributed by atoms with E-state index in [1.807, 2.05) is 0 Å². The Hall–Kier alpha value is -2.61. The highest BCUT2D eigenvalue weighted by molar-refractivity contribution is 5.98. The van der Waals surface area contributed by atoms with E-state index in [1.54, 1.807) is 37.1 Å². The predicted octanol–water partition coefficient (Wildman–Crippen LogP) is 1.75. The van der Waals surface area contributed by atoms with Crippen molar-refractivity contribution < 1.29 is 23.5 Å². The molecule has 0 spiro atoms. The van der Waals surface area contributed by atoms with Crippen LogP contribution in [-0.2, 0) is 4.74 Å². The lowest BCUT2D eigenvalue weighted by Gasteiger charge is -2.25. The molecule has 25 heavy (non-hydrogen) atoms. The first kappa shape index (κ1) is 15.9. The summed E-state index contributed by atoms with van der Waals surface area (Å²) >= 11 is 0. The van der Waals surface area contributed by atoms with E-state index in [4.69, 9.17) is 18.7 Å². The monoisotopic (exact) mass is 345 g/mol. The molecule has 1 aromatic carbocycles. The molecule has 1 fully saturated rings. The molecule has 2 atom stereocenters. The molecule has 0 radical (unpaired) electrons. The smallest absolute Gasteiger partial charge is 0.258 e. The van der Waals surface area contributed by atoms with Crippen molar-refractivity contribution in [3.63, 3.8) is 0 Å². The van der Waals surface area contributed by atoms with E-state index in [2.05, 4.69) is 10.1 Å². The molecule has 3 heterocycles. The van der Waals surface area contributed by atoms with Gasteiger partial charge in [-0.05, 0) is 19.1 Å². The Labute approximate surface area is 144 Å². The van der Waals surface area contributed by atoms with Gasteiger partial charge in [-0.1, -0.05) is 11.2 Å². The molecular weight excluding hydrogens is 326 g/mol. The van der Waals surface area contributed by atoms with Gasteiger partial charge in [0.25, 0.3) is 5.91 Å². The van der Waals surface area contributed by atoms with Gasteiger partial charge in [0.15, 0.2) is 17.3 Å². The second kappa shape index (κ2) is 6.36. The van der Waals surface area contributed by atoms with Gasteiger partial charge in [-0.2, -0.15) is 4.98 Å². The molecule has 0 unspecified atom stereocenters. The second-order valence-electron chi connectivity index (χ2n) is 6.08. The van der Waals surface area contributed by atoms with Gasteiger partial charge in [0.2, 0.25) is 5.89 Å². The van der Waals surface area contributed by atoms with Crippen LogP contribution in [0.25, 0.3) is 0 Å². The standard InChI is InChI=1S/C17H19N3O5/c1-10-18-16(25-19-10)13-8-11(22-2)9-20(13)17(21)12-4-3-5-14-15(12)24-7-6-23-14/h3-5,11,13H,6-9H2,1-2H3/t11-,13-/m1/s1. The molecule has 8 nitrogen and oxygen atoms in total. The zero-order chi connectivity index (χ0) is 17.4. The van der Waals surface area contributed by atoms with Crippen molar-refractivity contribution in [2.45, 2.75) is 25.5 Å². The Kier molecular flexibility index (Phi) is 4.04. The number of aryl methyl sites for hydroxylation is 1. The SMILES string of the molecule is CO[C@@H]1C[C@H](c2nc(C)no2)N(C(=O)c2cccc3c2OCCO3)C1. The number of nitrogens with zero attached hydrogens (tertiary/aromatic N) is 3. The summed E-state index contributed by atoms with van der Waals surface area (Å²) in [6, 6.07) is 5.01. The number of carbonyl (C=O) groups is 1. The summed E-state index contributed by atoms with van der Waals surface area (Å²) in [7, 11) is 1.64. The van der Waals surface area contributed by atoms with Crippen molar-refractivity contribution in [3.8, 4) is 11.5 Å². The van der Waals surface area contributed by atoms with Crippen molar-refractivity contribution in [2.75, 3.05) is 26.9 Å². The van der Waals surface area contributed by atoms with Gasteiger partial charge in [0.05, 0.1) is 11.7 Å². The topological polar surface area (TPSA) is 86.9 Å². The average molecular weight is 345 g/mol. The number of hydrogen-bond donors (Lipinski definition) is 0. The highest BCUT2D eigenvalue weighted by atomic mass is 16.6. The summed E-state index contributed by atoms with van der Waals surface area (Å²) in [5.41, 5.74) is 0.468. The third-order valence-corrected chi connectivity index (χ3v) is 4.48. The van der Waals surface area contributed by atoms with E-state index in [9.17, 15) is 4.79 Å². The Balaban J connectivity index is 1.68. The van der Waals surface area contributed by atoms with E-state index in [1.165, 1.54) is 0 Å². The quantitative estimate of drug-likeness (QED) is 0.837. The number of rotatable bonds is 3. The lowest BCUT2D eigenvalue weighted by Crippen LogP contribution is -2.33. The summed E-state index contributed by atoms with van der Waals surface area (Å²) < 4.78 is 22.0. The molecule has 1 aromatic heterocycles. The number of hydrogen-bond acceptors (Lipinski definition) is 7. The number of para-hydroxylation sites is 1. The minimum atomic E-state index is -0.320. The van der Waals surface area contributed by atoms with Crippen LogP contribution in [0.2, 0.25) is 0 Å². The summed E-state index contributed by atoms with van der Waals surface area (Å²) in [5, 5.41) is 3.84. The molecule has 0 bridgehead atoms. The van der Waals surface area contributed by atoms with Gasteiger partial charge in [-0.3, -0.25) is 4.79 Å². The molecule has 1 amide bonds. The van der Waals surface area contributed by atoms with Gasteiger partial charge in [-0.25, -0.2) is 0 Å². The van der Waals surface area contributed by atoms with Crippen molar-refractivity contribution in [2.24, 2.45) is 0 Å². The highest BCUT2D eigenvalue weighted by Crippen LogP contribution is 2.38. The van der Waals surface area contributed by atoms with Crippen LogP contribution in [0.1, 0.15) is 34.5 Å². The molecular formula is C17H19N3O5. The summed E-state index contributed by atoms with van der Waals surface area (Å²) in [6.07, 6.45) is 0.522. The summed E-state index contributed by atoms with van der Waals surface area (Å²) in [4.78, 5) is 19.2. The van der Waals surface area contributed by atoms with E-state index in [0.29, 0.717) is 55.0 Å². The van der Waals surface area contributed by atoms with Gasteiger partial charge in [0, 0.05) is 20.1 Å². The highest BCUT2D eigenvalue weighted by Gasteiger charge is 2.41. The number of ether oxygens (including phenoxy) is 3. The maximum Gasteiger partial charge on any atom is 0.258 e. The number of likely N-dealkylation sites (tertiary alicyclic amines) is 1. The van der Waals surface area contributed by atoms with Crippen molar-refractivity contribution in [1.82, 2.24) is 15.0 Å². The zero-order valence-corrected chi connectivity index (χ0v) is 14.1. The third-order valence-electron chi connectivity index (χ3n) is 4.48. The Morgan fingerprint density at radius 1 is 1.32 bits per heavy atom. The van der Waals surface area contributed by atoms with Gasteiger partial charge in [-0.15, -0.1) is 0 Å².